The Balaban J connectivity index is 3.32. The first-order valence-electron chi connectivity index (χ1n) is 5.06. The number of anilines is 1. The summed E-state index contributed by atoms with van der Waals surface area (Å²) < 4.78 is 0. The maximum atomic E-state index is 11.6. The van der Waals surface area contributed by atoms with Gasteiger partial charge in [0.2, 0.25) is 0 Å². The van der Waals surface area contributed by atoms with E-state index in [1.165, 1.54) is 0 Å². The monoisotopic (exact) mass is 205 g/mol. The van der Waals surface area contributed by atoms with Gasteiger partial charge in [-0.2, -0.15) is 0 Å². The summed E-state index contributed by atoms with van der Waals surface area (Å²) >= 11 is 0. The van der Waals surface area contributed by atoms with Crippen molar-refractivity contribution in [2.75, 3.05) is 5.73 Å². The van der Waals surface area contributed by atoms with Crippen molar-refractivity contribution in [2.45, 2.75) is 26.7 Å². The second-order valence-corrected chi connectivity index (χ2v) is 3.32. The Labute approximate surface area is 89.3 Å². The van der Waals surface area contributed by atoms with Crippen LogP contribution >= 0.6 is 0 Å². The average Bonchev–Trinajstić information content (AvgIpc) is 2.26. The number of benzene rings is 1. The summed E-state index contributed by atoms with van der Waals surface area (Å²) in [6.07, 6.45) is 0.742. The molecule has 0 aliphatic rings. The van der Waals surface area contributed by atoms with Crippen LogP contribution in [0.2, 0.25) is 0 Å². The molecular formula is C12H15NO2. The van der Waals surface area contributed by atoms with E-state index >= 15 is 0 Å². The molecule has 0 heterocycles. The SMILES string of the molecule is CCC(=O)c1cccc(N)c1C(=O)CC. The van der Waals surface area contributed by atoms with Crippen molar-refractivity contribution in [3.05, 3.63) is 29.3 Å². The van der Waals surface area contributed by atoms with Gasteiger partial charge in [0.1, 0.15) is 0 Å². The first kappa shape index (κ1) is 11.4. The zero-order chi connectivity index (χ0) is 11.4. The summed E-state index contributed by atoms with van der Waals surface area (Å²) in [7, 11) is 0. The molecule has 0 aliphatic carbocycles. The highest BCUT2D eigenvalue weighted by Gasteiger charge is 2.16. The van der Waals surface area contributed by atoms with E-state index < -0.39 is 0 Å². The molecule has 1 aromatic carbocycles. The molecule has 2 N–H and O–H groups in total. The third-order valence-corrected chi connectivity index (χ3v) is 2.32. The Bertz CT molecular complexity index is 397. The number of hydrogen-bond donors (Lipinski definition) is 1. The van der Waals surface area contributed by atoms with Crippen LogP contribution in [-0.2, 0) is 0 Å². The molecule has 0 aromatic heterocycles. The van der Waals surface area contributed by atoms with Gasteiger partial charge in [-0.05, 0) is 6.07 Å². The van der Waals surface area contributed by atoms with Crippen LogP contribution in [0.3, 0.4) is 0 Å². The Morgan fingerprint density at radius 1 is 1.13 bits per heavy atom. The van der Waals surface area contributed by atoms with Crippen molar-refractivity contribution in [1.82, 2.24) is 0 Å². The van der Waals surface area contributed by atoms with Crippen LogP contribution in [0.1, 0.15) is 47.4 Å². The van der Waals surface area contributed by atoms with Crippen molar-refractivity contribution in [1.29, 1.82) is 0 Å². The number of carbonyl (C=O) groups is 2. The quantitative estimate of drug-likeness (QED) is 0.606. The first-order chi connectivity index (χ1) is 7.11. The minimum atomic E-state index is -0.0788. The highest BCUT2D eigenvalue weighted by molar-refractivity contribution is 6.11. The predicted octanol–water partition coefficient (Wildman–Crippen LogP) is 2.45. The number of Topliss-reactive ketones (excluding diaryl/α,β-unsaturated/α-hetero) is 2. The largest absolute Gasteiger partial charge is 0.398 e. The molecule has 0 aliphatic heterocycles. The van der Waals surface area contributed by atoms with Crippen LogP contribution in [0.4, 0.5) is 5.69 Å². The average molecular weight is 205 g/mol. The molecule has 0 unspecified atom stereocenters. The lowest BCUT2D eigenvalue weighted by molar-refractivity contribution is 0.0956. The van der Waals surface area contributed by atoms with Crippen LogP contribution in [0.15, 0.2) is 18.2 Å². The number of ketones is 2. The van der Waals surface area contributed by atoms with Crippen molar-refractivity contribution in [2.24, 2.45) is 0 Å². The molecule has 0 fully saturated rings. The number of rotatable bonds is 4. The third kappa shape index (κ3) is 2.24. The molecule has 3 heteroatoms. The molecule has 15 heavy (non-hydrogen) atoms. The second kappa shape index (κ2) is 4.73. The van der Waals surface area contributed by atoms with E-state index in [4.69, 9.17) is 5.73 Å². The Kier molecular flexibility index (Phi) is 3.61. The normalized spacial score (nSPS) is 10.0. The van der Waals surface area contributed by atoms with Gasteiger partial charge in [-0.25, -0.2) is 0 Å². The van der Waals surface area contributed by atoms with E-state index in [1.54, 1.807) is 32.0 Å². The maximum Gasteiger partial charge on any atom is 0.165 e. The van der Waals surface area contributed by atoms with Gasteiger partial charge in [-0.15, -0.1) is 0 Å². The highest BCUT2D eigenvalue weighted by Crippen LogP contribution is 2.20. The fraction of sp³-hybridized carbons (Fsp3) is 0.333. The van der Waals surface area contributed by atoms with E-state index in [-0.39, 0.29) is 11.6 Å². The molecule has 0 saturated carbocycles. The predicted molar refractivity (Wildman–Crippen MR) is 60.1 cm³/mol. The van der Waals surface area contributed by atoms with Crippen LogP contribution < -0.4 is 5.73 Å². The lowest BCUT2D eigenvalue weighted by Crippen LogP contribution is -2.10. The number of hydrogen-bond acceptors (Lipinski definition) is 3. The zero-order valence-electron chi connectivity index (χ0n) is 9.04. The standard InChI is InChI=1S/C12H15NO2/c1-3-10(14)8-6-5-7-9(13)12(8)11(15)4-2/h5-7H,3-4,13H2,1-2H3. The molecule has 0 radical (unpaired) electrons. The topological polar surface area (TPSA) is 60.2 Å². The van der Waals surface area contributed by atoms with Crippen molar-refractivity contribution in [3.8, 4) is 0 Å². The first-order valence-corrected chi connectivity index (χ1v) is 5.06. The van der Waals surface area contributed by atoms with Crippen LogP contribution in [0.5, 0.6) is 0 Å². The van der Waals surface area contributed by atoms with E-state index in [9.17, 15) is 9.59 Å². The van der Waals surface area contributed by atoms with E-state index in [0.717, 1.165) is 0 Å². The molecule has 0 spiro atoms. The highest BCUT2D eigenvalue weighted by atomic mass is 16.1. The molecular weight excluding hydrogens is 190 g/mol. The Morgan fingerprint density at radius 2 is 1.73 bits per heavy atom. The summed E-state index contributed by atoms with van der Waals surface area (Å²) in [6, 6.07) is 5.01. The summed E-state index contributed by atoms with van der Waals surface area (Å²) in [4.78, 5) is 23.2. The zero-order valence-corrected chi connectivity index (χ0v) is 9.04. The van der Waals surface area contributed by atoms with Crippen LogP contribution in [-0.4, -0.2) is 11.6 Å². The van der Waals surface area contributed by atoms with Gasteiger partial charge in [0.15, 0.2) is 11.6 Å². The van der Waals surface area contributed by atoms with Crippen molar-refractivity contribution >= 4 is 17.3 Å². The minimum Gasteiger partial charge on any atom is -0.398 e. The molecule has 0 bridgehead atoms. The van der Waals surface area contributed by atoms with Crippen molar-refractivity contribution in [3.63, 3.8) is 0 Å². The van der Waals surface area contributed by atoms with Gasteiger partial charge < -0.3 is 5.73 Å². The van der Waals surface area contributed by atoms with Gasteiger partial charge in [-0.3, -0.25) is 9.59 Å². The minimum absolute atomic E-state index is 0.0425. The summed E-state index contributed by atoms with van der Waals surface area (Å²) in [5.74, 6) is -0.121. The Morgan fingerprint density at radius 3 is 2.27 bits per heavy atom. The number of nitrogens with two attached hydrogens (primary N) is 1. The van der Waals surface area contributed by atoms with Gasteiger partial charge in [0, 0.05) is 24.1 Å². The molecule has 0 saturated heterocycles. The van der Waals surface area contributed by atoms with Gasteiger partial charge >= 0.3 is 0 Å². The van der Waals surface area contributed by atoms with E-state index in [0.29, 0.717) is 29.7 Å². The number of carbonyl (C=O) groups excluding carboxylic acids is 2. The summed E-state index contributed by atoms with van der Waals surface area (Å²) in [5, 5.41) is 0. The van der Waals surface area contributed by atoms with Crippen LogP contribution in [0.25, 0.3) is 0 Å². The fourth-order valence-corrected chi connectivity index (χ4v) is 1.48. The van der Waals surface area contributed by atoms with Crippen LogP contribution in [0, 0.1) is 0 Å². The summed E-state index contributed by atoms with van der Waals surface area (Å²) in [6.45, 7) is 3.53. The van der Waals surface area contributed by atoms with E-state index in [1.807, 2.05) is 0 Å². The second-order valence-electron chi connectivity index (χ2n) is 3.32. The molecule has 80 valence electrons. The lowest BCUT2D eigenvalue weighted by atomic mass is 9.96. The van der Waals surface area contributed by atoms with Crippen molar-refractivity contribution < 1.29 is 9.59 Å². The molecule has 3 nitrogen and oxygen atoms in total. The Hall–Kier alpha value is -1.64. The van der Waals surface area contributed by atoms with Gasteiger partial charge in [0.05, 0.1) is 5.56 Å². The van der Waals surface area contributed by atoms with E-state index in [2.05, 4.69) is 0 Å². The maximum absolute atomic E-state index is 11.6. The smallest absolute Gasteiger partial charge is 0.165 e. The molecule has 0 atom stereocenters. The molecule has 1 aromatic rings. The third-order valence-electron chi connectivity index (χ3n) is 2.32. The summed E-state index contributed by atoms with van der Waals surface area (Å²) in [5.41, 5.74) is 6.94. The van der Waals surface area contributed by atoms with Gasteiger partial charge in [-0.1, -0.05) is 26.0 Å². The number of nitrogen functional groups attached to an aromatic ring is 1. The van der Waals surface area contributed by atoms with Gasteiger partial charge in [0.25, 0.3) is 0 Å². The lowest BCUT2D eigenvalue weighted by Gasteiger charge is -2.08. The fourth-order valence-electron chi connectivity index (χ4n) is 1.48. The molecule has 1 rings (SSSR count). The molecule has 0 amide bonds.